The van der Waals surface area contributed by atoms with Crippen molar-refractivity contribution in [2.24, 2.45) is 5.92 Å². The van der Waals surface area contributed by atoms with E-state index in [4.69, 9.17) is 8.94 Å². The Hall–Kier alpha value is -3.74. The average Bonchev–Trinajstić information content (AvgIpc) is 3.54. The molecule has 1 aliphatic heterocycles. The van der Waals surface area contributed by atoms with Crippen molar-refractivity contribution in [1.29, 1.82) is 0 Å². The standard InChI is InChI=1S/C26H23N3O4/c30-21-12-13-29(20-10-5-4-9-17(20)21)26(31)18-15-19(22-11-6-14-32-22)27-25-23(18)24(28-33-25)16-7-2-1-3-8-16/h1-3,6-8,11,14-15,17,20H,4-5,9-10,12-13H2/t17-,20-/m1/s1. The van der Waals surface area contributed by atoms with Gasteiger partial charge in [-0.15, -0.1) is 0 Å². The zero-order valence-corrected chi connectivity index (χ0v) is 18.1. The number of nitrogens with zero attached hydrogens (tertiary/aromatic N) is 3. The summed E-state index contributed by atoms with van der Waals surface area (Å²) in [4.78, 5) is 33.1. The summed E-state index contributed by atoms with van der Waals surface area (Å²) in [6, 6.07) is 14.9. The molecule has 3 aromatic heterocycles. The maximum absolute atomic E-state index is 14.1. The number of carbonyl (C=O) groups is 2. The molecule has 1 amide bonds. The van der Waals surface area contributed by atoms with Crippen LogP contribution in [0, 0.1) is 5.92 Å². The van der Waals surface area contributed by atoms with Crippen LogP contribution in [0.25, 0.3) is 33.8 Å². The highest BCUT2D eigenvalue weighted by Crippen LogP contribution is 2.37. The van der Waals surface area contributed by atoms with Crippen LogP contribution < -0.4 is 0 Å². The van der Waals surface area contributed by atoms with Crippen LogP contribution in [-0.4, -0.2) is 39.3 Å². The third-order valence-corrected chi connectivity index (χ3v) is 6.90. The summed E-state index contributed by atoms with van der Waals surface area (Å²) in [7, 11) is 0. The van der Waals surface area contributed by atoms with Gasteiger partial charge in [0.25, 0.3) is 11.6 Å². The first-order valence-electron chi connectivity index (χ1n) is 11.4. The highest BCUT2D eigenvalue weighted by Gasteiger charge is 2.41. The molecule has 1 aromatic carbocycles. The smallest absolute Gasteiger partial charge is 0.259 e. The maximum atomic E-state index is 14.1. The summed E-state index contributed by atoms with van der Waals surface area (Å²) in [5.41, 5.74) is 2.72. The number of hydrogen-bond acceptors (Lipinski definition) is 6. The molecule has 1 saturated carbocycles. The first-order valence-corrected chi connectivity index (χ1v) is 11.4. The van der Waals surface area contributed by atoms with E-state index in [0.717, 1.165) is 31.2 Å². The van der Waals surface area contributed by atoms with E-state index in [2.05, 4.69) is 10.1 Å². The average molecular weight is 441 g/mol. The molecular weight excluding hydrogens is 418 g/mol. The van der Waals surface area contributed by atoms with E-state index >= 15 is 0 Å². The lowest BCUT2D eigenvalue weighted by Gasteiger charge is -2.43. The fourth-order valence-electron chi connectivity index (χ4n) is 5.31. The van der Waals surface area contributed by atoms with E-state index < -0.39 is 0 Å². The number of pyridine rings is 1. The molecule has 0 N–H and O–H groups in total. The first kappa shape index (κ1) is 19.9. The van der Waals surface area contributed by atoms with Crippen LogP contribution in [0.1, 0.15) is 42.5 Å². The molecule has 33 heavy (non-hydrogen) atoms. The second-order valence-corrected chi connectivity index (χ2v) is 8.78. The molecule has 0 spiro atoms. The van der Waals surface area contributed by atoms with E-state index in [9.17, 15) is 9.59 Å². The lowest BCUT2D eigenvalue weighted by atomic mass is 9.77. The Morgan fingerprint density at radius 2 is 1.91 bits per heavy atom. The van der Waals surface area contributed by atoms with Gasteiger partial charge in [0, 0.05) is 30.5 Å². The fraction of sp³-hybridized carbons (Fsp3) is 0.308. The second kappa shape index (κ2) is 7.99. The molecule has 6 rings (SSSR count). The quantitative estimate of drug-likeness (QED) is 0.438. The number of aromatic nitrogens is 2. The van der Waals surface area contributed by atoms with Gasteiger partial charge in [-0.3, -0.25) is 9.59 Å². The molecule has 2 atom stereocenters. The third-order valence-electron chi connectivity index (χ3n) is 6.90. The zero-order valence-electron chi connectivity index (χ0n) is 18.1. The van der Waals surface area contributed by atoms with Gasteiger partial charge in [-0.05, 0) is 31.0 Å². The number of fused-ring (bicyclic) bond motifs is 2. The van der Waals surface area contributed by atoms with Gasteiger partial charge < -0.3 is 13.8 Å². The largest absolute Gasteiger partial charge is 0.463 e. The summed E-state index contributed by atoms with van der Waals surface area (Å²) >= 11 is 0. The molecule has 0 unspecified atom stereocenters. The van der Waals surface area contributed by atoms with Gasteiger partial charge in [-0.1, -0.05) is 48.3 Å². The van der Waals surface area contributed by atoms with Gasteiger partial charge in [0.1, 0.15) is 17.2 Å². The lowest BCUT2D eigenvalue weighted by molar-refractivity contribution is -0.129. The number of amides is 1. The Balaban J connectivity index is 1.51. The summed E-state index contributed by atoms with van der Waals surface area (Å²) in [5.74, 6) is 0.664. The number of ketones is 1. The van der Waals surface area contributed by atoms with Crippen molar-refractivity contribution in [2.45, 2.75) is 38.1 Å². The Morgan fingerprint density at radius 1 is 1.06 bits per heavy atom. The van der Waals surface area contributed by atoms with Gasteiger partial charge in [-0.25, -0.2) is 4.98 Å². The van der Waals surface area contributed by atoms with Crippen LogP contribution in [0.3, 0.4) is 0 Å². The number of piperidine rings is 1. The van der Waals surface area contributed by atoms with Gasteiger partial charge in [0.2, 0.25) is 0 Å². The Morgan fingerprint density at radius 3 is 2.73 bits per heavy atom. The normalized spacial score (nSPS) is 20.7. The van der Waals surface area contributed by atoms with Crippen LogP contribution in [0.4, 0.5) is 0 Å². The fourth-order valence-corrected chi connectivity index (χ4v) is 5.31. The number of furan rings is 1. The molecule has 2 fully saturated rings. The van der Waals surface area contributed by atoms with E-state index in [1.54, 1.807) is 24.5 Å². The molecule has 166 valence electrons. The van der Waals surface area contributed by atoms with Gasteiger partial charge in [0.15, 0.2) is 5.76 Å². The van der Waals surface area contributed by atoms with Crippen molar-refractivity contribution >= 4 is 22.8 Å². The van der Waals surface area contributed by atoms with E-state index in [0.29, 0.717) is 46.8 Å². The van der Waals surface area contributed by atoms with Gasteiger partial charge >= 0.3 is 0 Å². The topological polar surface area (TPSA) is 89.4 Å². The van der Waals surface area contributed by atoms with Crippen molar-refractivity contribution in [3.8, 4) is 22.7 Å². The molecule has 0 radical (unpaired) electrons. The highest BCUT2D eigenvalue weighted by molar-refractivity contribution is 6.10. The van der Waals surface area contributed by atoms with Crippen LogP contribution in [0.15, 0.2) is 63.7 Å². The van der Waals surface area contributed by atoms with Crippen molar-refractivity contribution in [1.82, 2.24) is 15.0 Å². The van der Waals surface area contributed by atoms with E-state index in [-0.39, 0.29) is 23.7 Å². The van der Waals surface area contributed by atoms with Gasteiger partial charge in [0.05, 0.1) is 17.2 Å². The predicted octanol–water partition coefficient (Wildman–Crippen LogP) is 5.12. The monoisotopic (exact) mass is 441 g/mol. The minimum atomic E-state index is -0.111. The molecule has 2 aliphatic rings. The summed E-state index contributed by atoms with van der Waals surface area (Å²) in [5, 5.41) is 4.87. The second-order valence-electron chi connectivity index (χ2n) is 8.78. The SMILES string of the molecule is O=C1CCN(C(=O)c2cc(-c3ccco3)nc3onc(-c4ccccc4)c23)[C@@H]2CCCC[C@@H]12. The van der Waals surface area contributed by atoms with Crippen LogP contribution in [0.5, 0.6) is 0 Å². The predicted molar refractivity (Wildman–Crippen MR) is 121 cm³/mol. The molecule has 1 aliphatic carbocycles. The minimum Gasteiger partial charge on any atom is -0.463 e. The van der Waals surface area contributed by atoms with Crippen LogP contribution in [0.2, 0.25) is 0 Å². The van der Waals surface area contributed by atoms with Crippen LogP contribution >= 0.6 is 0 Å². The number of carbonyl (C=O) groups excluding carboxylic acids is 2. The molecule has 4 aromatic rings. The molecular formula is C26H23N3O4. The lowest BCUT2D eigenvalue weighted by Crippen LogP contribution is -2.53. The van der Waals surface area contributed by atoms with Crippen molar-refractivity contribution in [2.75, 3.05) is 6.54 Å². The molecule has 1 saturated heterocycles. The number of Topliss-reactive ketones (excluding diaryl/α,β-unsaturated/α-hetero) is 1. The van der Waals surface area contributed by atoms with Crippen molar-refractivity contribution in [3.63, 3.8) is 0 Å². The van der Waals surface area contributed by atoms with Crippen molar-refractivity contribution < 1.29 is 18.5 Å². The molecule has 4 heterocycles. The zero-order chi connectivity index (χ0) is 22.4. The summed E-state index contributed by atoms with van der Waals surface area (Å²) in [6.07, 6.45) is 5.77. The number of hydrogen-bond donors (Lipinski definition) is 0. The molecule has 0 bridgehead atoms. The first-order chi connectivity index (χ1) is 16.2. The Kier molecular flexibility index (Phi) is 4.82. The summed E-state index contributed by atoms with van der Waals surface area (Å²) in [6.45, 7) is 0.435. The van der Waals surface area contributed by atoms with E-state index in [1.807, 2.05) is 35.2 Å². The molecule has 7 nitrogen and oxygen atoms in total. The number of benzene rings is 1. The minimum absolute atomic E-state index is 0.0530. The number of rotatable bonds is 3. The molecule has 7 heteroatoms. The van der Waals surface area contributed by atoms with E-state index in [1.165, 1.54) is 0 Å². The number of likely N-dealkylation sites (tertiary alicyclic amines) is 1. The van der Waals surface area contributed by atoms with Gasteiger partial charge in [-0.2, -0.15) is 0 Å². The Labute approximate surface area is 190 Å². The highest BCUT2D eigenvalue weighted by atomic mass is 16.5. The third kappa shape index (κ3) is 3.35. The summed E-state index contributed by atoms with van der Waals surface area (Å²) < 4.78 is 11.2. The van der Waals surface area contributed by atoms with Crippen LogP contribution in [-0.2, 0) is 4.79 Å². The van der Waals surface area contributed by atoms with Crippen molar-refractivity contribution in [3.05, 3.63) is 60.4 Å². The maximum Gasteiger partial charge on any atom is 0.259 e. The Bertz CT molecular complexity index is 1330.